The zero-order chi connectivity index (χ0) is 7.94. The molecule has 2 nitrogen and oxygen atoms in total. The first-order valence-electron chi connectivity index (χ1n) is 3.43. The van der Waals surface area contributed by atoms with Crippen LogP contribution in [0.5, 0.6) is 5.75 Å². The smallest absolute Gasteiger partial charge is 0.119 e. The summed E-state index contributed by atoms with van der Waals surface area (Å²) in [7, 11) is 2.19. The molecular weight excluding hydrogens is 195 g/mol. The molecule has 0 bridgehead atoms. The molecule has 0 aliphatic rings. The van der Waals surface area contributed by atoms with E-state index < -0.39 is 0 Å². The number of hydrogen-bond donors (Lipinski definition) is 0. The van der Waals surface area contributed by atoms with Gasteiger partial charge in [0.25, 0.3) is 0 Å². The van der Waals surface area contributed by atoms with Crippen molar-refractivity contribution in [1.29, 1.82) is 0 Å². The van der Waals surface area contributed by atoms with E-state index in [1.807, 2.05) is 30.3 Å². The van der Waals surface area contributed by atoms with Crippen molar-refractivity contribution in [2.24, 2.45) is 0 Å². The maximum absolute atomic E-state index is 5.31. The predicted octanol–water partition coefficient (Wildman–Crippen LogP) is 2.29. The summed E-state index contributed by atoms with van der Waals surface area (Å²) in [6.45, 7) is 1.19. The van der Waals surface area contributed by atoms with Crippen molar-refractivity contribution in [2.75, 3.05) is 13.2 Å². The van der Waals surface area contributed by atoms with Crippen LogP contribution in [0.15, 0.2) is 30.3 Å². The maximum Gasteiger partial charge on any atom is 0.119 e. The molecule has 1 rings (SSSR count). The molecule has 0 N–H and O–H groups in total. The molecule has 1 aromatic carbocycles. The van der Waals surface area contributed by atoms with Crippen LogP contribution in [0.2, 0.25) is 0 Å². The van der Waals surface area contributed by atoms with Crippen molar-refractivity contribution in [3.8, 4) is 5.75 Å². The van der Waals surface area contributed by atoms with Gasteiger partial charge in [0.2, 0.25) is 0 Å². The number of halogens is 1. The predicted molar refractivity (Wildman–Crippen MR) is 54.8 cm³/mol. The Morgan fingerprint density at radius 1 is 1.08 bits per heavy atom. The first kappa shape index (κ1) is 11.7. The van der Waals surface area contributed by atoms with Gasteiger partial charge in [0.1, 0.15) is 12.4 Å². The lowest BCUT2D eigenvalue weighted by Gasteiger charge is -2.03. The van der Waals surface area contributed by atoms with E-state index >= 15 is 0 Å². The molecule has 0 aliphatic carbocycles. The summed E-state index contributed by atoms with van der Waals surface area (Å²) >= 11 is 0. The normalized spacial score (nSPS) is 8.75. The second-order valence-corrected chi connectivity index (χ2v) is 2.37. The number of ether oxygens (including phenoxy) is 1. The monoisotopic (exact) mass is 206 g/mol. The minimum atomic E-state index is 0. The van der Waals surface area contributed by atoms with Crippen molar-refractivity contribution >= 4 is 21.9 Å². The molecule has 0 aliphatic heterocycles. The number of para-hydroxylation sites is 1. The fourth-order valence-corrected chi connectivity index (χ4v) is 0.821. The van der Waals surface area contributed by atoms with Gasteiger partial charge in [0, 0.05) is 9.47 Å². The first-order valence-corrected chi connectivity index (χ1v) is 3.90. The molecule has 1 aromatic rings. The average molecular weight is 207 g/mol. The van der Waals surface area contributed by atoms with Crippen LogP contribution in [-0.4, -0.2) is 13.2 Å². The molecule has 1 atom stereocenters. The molecular formula is C8H12ClO2P. The first-order chi connectivity index (χ1) is 5.43. The standard InChI is InChI=1S/C8H11O2P.ClH/c11-10-7-6-9-8-4-2-1-3-5-8;/h1-5H,6-7,11H2;1H. The highest BCUT2D eigenvalue weighted by molar-refractivity contribution is 7.09. The Balaban J connectivity index is 0.00000121. The van der Waals surface area contributed by atoms with Crippen LogP contribution in [0, 0.1) is 0 Å². The van der Waals surface area contributed by atoms with Gasteiger partial charge in [-0.15, -0.1) is 12.4 Å². The summed E-state index contributed by atoms with van der Waals surface area (Å²) in [6.07, 6.45) is 0. The quantitative estimate of drug-likeness (QED) is 0.556. The lowest BCUT2D eigenvalue weighted by atomic mass is 10.3. The van der Waals surface area contributed by atoms with E-state index in [4.69, 9.17) is 9.26 Å². The SMILES string of the molecule is Cl.POCCOc1ccccc1. The van der Waals surface area contributed by atoms with E-state index in [0.717, 1.165) is 5.75 Å². The highest BCUT2D eigenvalue weighted by Gasteiger charge is 1.88. The Morgan fingerprint density at radius 3 is 2.33 bits per heavy atom. The van der Waals surface area contributed by atoms with Crippen molar-refractivity contribution in [2.45, 2.75) is 0 Å². The van der Waals surface area contributed by atoms with Crippen molar-refractivity contribution in [3.05, 3.63) is 30.3 Å². The third kappa shape index (κ3) is 4.55. The Kier molecular flexibility index (Phi) is 7.17. The number of hydrogen-bond acceptors (Lipinski definition) is 2. The van der Waals surface area contributed by atoms with E-state index in [0.29, 0.717) is 13.2 Å². The van der Waals surface area contributed by atoms with Gasteiger partial charge in [0.05, 0.1) is 6.61 Å². The highest BCUT2D eigenvalue weighted by atomic mass is 35.5. The second-order valence-electron chi connectivity index (χ2n) is 2.03. The van der Waals surface area contributed by atoms with Gasteiger partial charge in [-0.05, 0) is 12.1 Å². The second kappa shape index (κ2) is 7.35. The van der Waals surface area contributed by atoms with E-state index in [-0.39, 0.29) is 12.4 Å². The Bertz CT molecular complexity index is 194. The lowest BCUT2D eigenvalue weighted by molar-refractivity contribution is 0.238. The fourth-order valence-electron chi connectivity index (χ4n) is 0.724. The maximum atomic E-state index is 5.31. The fraction of sp³-hybridized carbons (Fsp3) is 0.250. The summed E-state index contributed by atoms with van der Waals surface area (Å²) in [5.74, 6) is 0.884. The Hall–Kier alpha value is -0.300. The topological polar surface area (TPSA) is 18.5 Å². The highest BCUT2D eigenvalue weighted by Crippen LogP contribution is 2.07. The molecule has 0 amide bonds. The van der Waals surface area contributed by atoms with Gasteiger partial charge in [-0.1, -0.05) is 18.2 Å². The largest absolute Gasteiger partial charge is 0.491 e. The molecule has 0 saturated heterocycles. The van der Waals surface area contributed by atoms with Gasteiger partial charge in [-0.3, -0.25) is 0 Å². The summed E-state index contributed by atoms with van der Waals surface area (Å²) in [5, 5.41) is 0. The molecule has 0 fully saturated rings. The lowest BCUT2D eigenvalue weighted by Crippen LogP contribution is -2.01. The van der Waals surface area contributed by atoms with Gasteiger partial charge in [-0.25, -0.2) is 0 Å². The van der Waals surface area contributed by atoms with Crippen LogP contribution in [-0.2, 0) is 4.52 Å². The Labute approximate surface area is 81.0 Å². The van der Waals surface area contributed by atoms with E-state index in [1.165, 1.54) is 0 Å². The minimum Gasteiger partial charge on any atom is -0.491 e. The van der Waals surface area contributed by atoms with E-state index in [2.05, 4.69) is 9.47 Å². The van der Waals surface area contributed by atoms with Crippen LogP contribution in [0.3, 0.4) is 0 Å². The van der Waals surface area contributed by atoms with Crippen LogP contribution >= 0.6 is 21.9 Å². The molecule has 0 spiro atoms. The molecule has 0 heterocycles. The van der Waals surface area contributed by atoms with Crippen LogP contribution in [0.25, 0.3) is 0 Å². The van der Waals surface area contributed by atoms with Gasteiger partial charge in [0.15, 0.2) is 0 Å². The minimum absolute atomic E-state index is 0. The van der Waals surface area contributed by atoms with Crippen LogP contribution < -0.4 is 4.74 Å². The van der Waals surface area contributed by atoms with Crippen molar-refractivity contribution in [1.82, 2.24) is 0 Å². The zero-order valence-electron chi connectivity index (χ0n) is 6.60. The van der Waals surface area contributed by atoms with E-state index in [1.54, 1.807) is 0 Å². The summed E-state index contributed by atoms with van der Waals surface area (Å²) in [6, 6.07) is 9.68. The zero-order valence-corrected chi connectivity index (χ0v) is 8.57. The number of rotatable bonds is 4. The molecule has 12 heavy (non-hydrogen) atoms. The van der Waals surface area contributed by atoms with Gasteiger partial charge < -0.3 is 9.26 Å². The molecule has 0 saturated carbocycles. The third-order valence-electron chi connectivity index (χ3n) is 1.21. The van der Waals surface area contributed by atoms with Crippen molar-refractivity contribution in [3.63, 3.8) is 0 Å². The molecule has 68 valence electrons. The average Bonchev–Trinajstić information content (AvgIpc) is 2.07. The van der Waals surface area contributed by atoms with Crippen LogP contribution in [0.4, 0.5) is 0 Å². The van der Waals surface area contributed by atoms with Gasteiger partial charge in [-0.2, -0.15) is 0 Å². The van der Waals surface area contributed by atoms with Gasteiger partial charge >= 0.3 is 0 Å². The van der Waals surface area contributed by atoms with Crippen LogP contribution in [0.1, 0.15) is 0 Å². The third-order valence-corrected chi connectivity index (χ3v) is 1.45. The summed E-state index contributed by atoms with van der Waals surface area (Å²) < 4.78 is 10.1. The molecule has 1 unspecified atom stereocenters. The summed E-state index contributed by atoms with van der Waals surface area (Å²) in [4.78, 5) is 0. The summed E-state index contributed by atoms with van der Waals surface area (Å²) in [5.41, 5.74) is 0. The molecule has 0 radical (unpaired) electrons. The molecule has 0 aromatic heterocycles. The van der Waals surface area contributed by atoms with E-state index in [9.17, 15) is 0 Å². The Morgan fingerprint density at radius 2 is 1.75 bits per heavy atom. The number of benzene rings is 1. The van der Waals surface area contributed by atoms with Crippen molar-refractivity contribution < 1.29 is 9.26 Å². The molecule has 4 heteroatoms.